The van der Waals surface area contributed by atoms with Crippen molar-refractivity contribution in [2.45, 2.75) is 5.92 Å². The fraction of sp³-hybridized carbons (Fsp3) is 0.0625. The monoisotopic (exact) mass is 245 g/mol. The van der Waals surface area contributed by atoms with Gasteiger partial charge in [-0.05, 0) is 22.4 Å². The van der Waals surface area contributed by atoms with Crippen LogP contribution in [-0.2, 0) is 0 Å². The van der Waals surface area contributed by atoms with Crippen LogP contribution in [0.5, 0.6) is 0 Å². The molecule has 0 radical (unpaired) electrons. The SMILES string of the molecule is N#CC(c1ccncn1)c1cccc2ccccc12. The Balaban J connectivity index is 2.21. The molecule has 0 aliphatic rings. The van der Waals surface area contributed by atoms with E-state index in [0.717, 1.165) is 22.0 Å². The van der Waals surface area contributed by atoms with Crippen molar-refractivity contribution >= 4 is 10.8 Å². The molecule has 0 aliphatic carbocycles. The average molecular weight is 245 g/mol. The van der Waals surface area contributed by atoms with Gasteiger partial charge in [0.15, 0.2) is 0 Å². The largest absolute Gasteiger partial charge is 0.245 e. The van der Waals surface area contributed by atoms with Crippen LogP contribution in [0.2, 0.25) is 0 Å². The molecule has 3 aromatic rings. The molecular formula is C16H11N3. The third-order valence-corrected chi connectivity index (χ3v) is 3.16. The van der Waals surface area contributed by atoms with Gasteiger partial charge in [-0.1, -0.05) is 42.5 Å². The molecule has 0 fully saturated rings. The zero-order valence-electron chi connectivity index (χ0n) is 10.2. The zero-order chi connectivity index (χ0) is 13.1. The predicted octanol–water partition coefficient (Wildman–Crippen LogP) is 3.29. The maximum atomic E-state index is 9.48. The number of hydrogen-bond acceptors (Lipinski definition) is 3. The highest BCUT2D eigenvalue weighted by atomic mass is 14.8. The fourth-order valence-electron chi connectivity index (χ4n) is 2.27. The smallest absolute Gasteiger partial charge is 0.115 e. The molecule has 19 heavy (non-hydrogen) atoms. The van der Waals surface area contributed by atoms with E-state index in [-0.39, 0.29) is 5.92 Å². The standard InChI is InChI=1S/C16H11N3/c17-10-15(16-8-9-18-11-19-16)14-7-3-5-12-4-1-2-6-13(12)14/h1-9,11,15H. The predicted molar refractivity (Wildman–Crippen MR) is 73.4 cm³/mol. The van der Waals surface area contributed by atoms with Crippen LogP contribution in [0.15, 0.2) is 61.1 Å². The summed E-state index contributed by atoms with van der Waals surface area (Å²) in [4.78, 5) is 8.10. The molecule has 1 unspecified atom stereocenters. The Morgan fingerprint density at radius 3 is 2.63 bits per heavy atom. The van der Waals surface area contributed by atoms with E-state index in [9.17, 15) is 5.26 Å². The third kappa shape index (κ3) is 2.04. The minimum atomic E-state index is -0.367. The van der Waals surface area contributed by atoms with Crippen molar-refractivity contribution in [3.05, 3.63) is 72.3 Å². The molecule has 0 saturated carbocycles. The van der Waals surface area contributed by atoms with Crippen molar-refractivity contribution in [2.24, 2.45) is 0 Å². The third-order valence-electron chi connectivity index (χ3n) is 3.16. The number of fused-ring (bicyclic) bond motifs is 1. The summed E-state index contributed by atoms with van der Waals surface area (Å²) in [6.45, 7) is 0. The van der Waals surface area contributed by atoms with Crippen LogP contribution in [0.1, 0.15) is 17.2 Å². The second-order valence-electron chi connectivity index (χ2n) is 4.26. The van der Waals surface area contributed by atoms with Crippen LogP contribution >= 0.6 is 0 Å². The highest BCUT2D eigenvalue weighted by molar-refractivity contribution is 5.86. The van der Waals surface area contributed by atoms with Crippen molar-refractivity contribution in [1.29, 1.82) is 5.26 Å². The molecule has 90 valence electrons. The van der Waals surface area contributed by atoms with Gasteiger partial charge in [0.1, 0.15) is 12.2 Å². The van der Waals surface area contributed by atoms with Gasteiger partial charge in [-0.2, -0.15) is 5.26 Å². The van der Waals surface area contributed by atoms with Crippen LogP contribution in [0.4, 0.5) is 0 Å². The lowest BCUT2D eigenvalue weighted by atomic mass is 9.92. The van der Waals surface area contributed by atoms with E-state index in [0.29, 0.717) is 0 Å². The minimum Gasteiger partial charge on any atom is -0.245 e. The first-order chi connectivity index (χ1) is 9.40. The average Bonchev–Trinajstić information content (AvgIpc) is 2.49. The second kappa shape index (κ2) is 4.87. The van der Waals surface area contributed by atoms with E-state index >= 15 is 0 Å². The van der Waals surface area contributed by atoms with Crippen LogP contribution in [0.25, 0.3) is 10.8 Å². The molecule has 0 amide bonds. The van der Waals surface area contributed by atoms with E-state index in [1.54, 1.807) is 12.3 Å². The zero-order valence-corrected chi connectivity index (χ0v) is 10.2. The summed E-state index contributed by atoms with van der Waals surface area (Å²) >= 11 is 0. The first-order valence-corrected chi connectivity index (χ1v) is 6.03. The van der Waals surface area contributed by atoms with Gasteiger partial charge in [0.05, 0.1) is 11.8 Å². The van der Waals surface area contributed by atoms with Gasteiger partial charge < -0.3 is 0 Å². The van der Waals surface area contributed by atoms with Crippen LogP contribution in [-0.4, -0.2) is 9.97 Å². The highest BCUT2D eigenvalue weighted by Gasteiger charge is 2.16. The minimum absolute atomic E-state index is 0.367. The fourth-order valence-corrected chi connectivity index (χ4v) is 2.27. The molecule has 0 bridgehead atoms. The van der Waals surface area contributed by atoms with E-state index in [1.165, 1.54) is 6.33 Å². The number of nitrogens with zero attached hydrogens (tertiary/aromatic N) is 3. The Bertz CT molecular complexity index is 739. The Kier molecular flexibility index (Phi) is 2.91. The van der Waals surface area contributed by atoms with Crippen LogP contribution in [0, 0.1) is 11.3 Å². The van der Waals surface area contributed by atoms with Gasteiger partial charge >= 0.3 is 0 Å². The van der Waals surface area contributed by atoms with E-state index in [2.05, 4.69) is 16.0 Å². The molecule has 0 aliphatic heterocycles. The van der Waals surface area contributed by atoms with Gasteiger partial charge in [-0.3, -0.25) is 0 Å². The Hall–Kier alpha value is -2.73. The number of benzene rings is 2. The van der Waals surface area contributed by atoms with E-state index < -0.39 is 0 Å². The maximum absolute atomic E-state index is 9.48. The molecule has 3 heteroatoms. The summed E-state index contributed by atoms with van der Waals surface area (Å²) in [6, 6.07) is 18.2. The summed E-state index contributed by atoms with van der Waals surface area (Å²) in [5, 5.41) is 11.7. The van der Waals surface area contributed by atoms with Crippen molar-refractivity contribution < 1.29 is 0 Å². The van der Waals surface area contributed by atoms with Crippen LogP contribution < -0.4 is 0 Å². The Labute approximate surface area is 111 Å². The summed E-state index contributed by atoms with van der Waals surface area (Å²) < 4.78 is 0. The lowest BCUT2D eigenvalue weighted by Gasteiger charge is -2.11. The lowest BCUT2D eigenvalue weighted by Crippen LogP contribution is -2.01. The van der Waals surface area contributed by atoms with E-state index in [4.69, 9.17) is 0 Å². The van der Waals surface area contributed by atoms with Gasteiger partial charge in [-0.25, -0.2) is 9.97 Å². The summed E-state index contributed by atoms with van der Waals surface area (Å²) in [6.07, 6.45) is 3.14. The van der Waals surface area contributed by atoms with Gasteiger partial charge in [0.25, 0.3) is 0 Å². The lowest BCUT2D eigenvalue weighted by molar-refractivity contribution is 0.951. The Morgan fingerprint density at radius 1 is 1.00 bits per heavy atom. The molecule has 3 rings (SSSR count). The number of rotatable bonds is 2. The molecule has 1 atom stereocenters. The Morgan fingerprint density at radius 2 is 1.84 bits per heavy atom. The van der Waals surface area contributed by atoms with Crippen molar-refractivity contribution in [1.82, 2.24) is 9.97 Å². The molecule has 0 spiro atoms. The number of hydrogen-bond donors (Lipinski definition) is 0. The molecule has 0 N–H and O–H groups in total. The summed E-state index contributed by atoms with van der Waals surface area (Å²) in [5.41, 5.74) is 1.72. The first-order valence-electron chi connectivity index (χ1n) is 6.03. The topological polar surface area (TPSA) is 49.6 Å². The number of aromatic nitrogens is 2. The first kappa shape index (κ1) is 11.4. The van der Waals surface area contributed by atoms with E-state index in [1.807, 2.05) is 42.5 Å². The molecule has 3 nitrogen and oxygen atoms in total. The quantitative estimate of drug-likeness (QED) is 0.696. The van der Waals surface area contributed by atoms with Crippen molar-refractivity contribution in [2.75, 3.05) is 0 Å². The molecular weight excluding hydrogens is 234 g/mol. The molecule has 2 aromatic carbocycles. The second-order valence-corrected chi connectivity index (χ2v) is 4.26. The summed E-state index contributed by atoms with van der Waals surface area (Å²) in [7, 11) is 0. The van der Waals surface area contributed by atoms with Gasteiger partial charge in [-0.15, -0.1) is 0 Å². The number of nitriles is 1. The van der Waals surface area contributed by atoms with Gasteiger partial charge in [0.2, 0.25) is 0 Å². The normalized spacial score (nSPS) is 11.9. The van der Waals surface area contributed by atoms with Crippen molar-refractivity contribution in [3.63, 3.8) is 0 Å². The maximum Gasteiger partial charge on any atom is 0.115 e. The molecule has 1 aromatic heterocycles. The highest BCUT2D eigenvalue weighted by Crippen LogP contribution is 2.28. The summed E-state index contributed by atoms with van der Waals surface area (Å²) in [5.74, 6) is -0.367. The van der Waals surface area contributed by atoms with Crippen molar-refractivity contribution in [3.8, 4) is 6.07 Å². The van der Waals surface area contributed by atoms with Crippen LogP contribution in [0.3, 0.4) is 0 Å². The van der Waals surface area contributed by atoms with Gasteiger partial charge in [0, 0.05) is 6.20 Å². The molecule has 0 saturated heterocycles. The molecule has 1 heterocycles.